The summed E-state index contributed by atoms with van der Waals surface area (Å²) in [6.45, 7) is 11.2. The zero-order chi connectivity index (χ0) is 23.6. The normalized spacial score (nSPS) is 15.0. The SMILES string of the molecule is Cc1cc(CNc2nc3ccccc3c(N3CCC(NC(C)(C)C)CC3)c2C#N)ccc1Br. The first-order valence-corrected chi connectivity index (χ1v) is 12.4. The smallest absolute Gasteiger partial charge is 0.147 e. The van der Waals surface area contributed by atoms with Gasteiger partial charge in [0.1, 0.15) is 17.5 Å². The number of piperidine rings is 1. The third kappa shape index (κ3) is 5.48. The van der Waals surface area contributed by atoms with Crippen LogP contribution in [0.15, 0.2) is 46.9 Å². The molecule has 0 bridgehead atoms. The molecule has 6 heteroatoms. The lowest BCUT2D eigenvalue weighted by atomic mass is 9.98. The van der Waals surface area contributed by atoms with E-state index in [0.717, 1.165) is 52.6 Å². The molecule has 0 radical (unpaired) electrons. The molecule has 0 spiro atoms. The number of aryl methyl sites for hydroxylation is 1. The first-order valence-electron chi connectivity index (χ1n) is 11.6. The minimum Gasteiger partial charge on any atom is -0.370 e. The Morgan fingerprint density at radius 3 is 2.55 bits per heavy atom. The van der Waals surface area contributed by atoms with Gasteiger partial charge in [0.05, 0.1) is 11.2 Å². The van der Waals surface area contributed by atoms with Crippen LogP contribution in [0.25, 0.3) is 10.9 Å². The third-order valence-corrected chi connectivity index (χ3v) is 7.00. The number of pyridine rings is 1. The molecule has 0 unspecified atom stereocenters. The molecule has 172 valence electrons. The van der Waals surface area contributed by atoms with Crippen LogP contribution in [0.4, 0.5) is 11.5 Å². The van der Waals surface area contributed by atoms with E-state index in [1.807, 2.05) is 18.2 Å². The van der Waals surface area contributed by atoms with Crippen molar-refractivity contribution in [1.29, 1.82) is 5.26 Å². The van der Waals surface area contributed by atoms with Gasteiger partial charge in [0.15, 0.2) is 0 Å². The molecule has 3 aromatic rings. The van der Waals surface area contributed by atoms with Crippen LogP contribution in [0.5, 0.6) is 0 Å². The van der Waals surface area contributed by atoms with Crippen molar-refractivity contribution in [2.45, 2.75) is 58.7 Å². The lowest BCUT2D eigenvalue weighted by Gasteiger charge is -2.38. The highest BCUT2D eigenvalue weighted by Gasteiger charge is 2.27. The number of nitrogens with zero attached hydrogens (tertiary/aromatic N) is 3. The highest BCUT2D eigenvalue weighted by molar-refractivity contribution is 9.10. The predicted molar refractivity (Wildman–Crippen MR) is 141 cm³/mol. The van der Waals surface area contributed by atoms with Crippen LogP contribution in [0.3, 0.4) is 0 Å². The molecule has 2 heterocycles. The van der Waals surface area contributed by atoms with Gasteiger partial charge in [0.2, 0.25) is 0 Å². The zero-order valence-corrected chi connectivity index (χ0v) is 21.5. The first-order chi connectivity index (χ1) is 15.7. The van der Waals surface area contributed by atoms with Crippen LogP contribution in [0, 0.1) is 18.3 Å². The summed E-state index contributed by atoms with van der Waals surface area (Å²) < 4.78 is 1.10. The van der Waals surface area contributed by atoms with Crippen molar-refractivity contribution in [3.05, 3.63) is 63.6 Å². The second kappa shape index (κ2) is 9.70. The number of nitriles is 1. The topological polar surface area (TPSA) is 64.0 Å². The maximum Gasteiger partial charge on any atom is 0.147 e. The molecular weight excluding hydrogens is 474 g/mol. The van der Waals surface area contributed by atoms with E-state index in [1.165, 1.54) is 5.56 Å². The van der Waals surface area contributed by atoms with Crippen molar-refractivity contribution in [3.8, 4) is 6.07 Å². The molecule has 0 saturated carbocycles. The Hall–Kier alpha value is -2.62. The van der Waals surface area contributed by atoms with E-state index in [1.54, 1.807) is 0 Å². The van der Waals surface area contributed by atoms with Crippen molar-refractivity contribution in [2.24, 2.45) is 0 Å². The minimum atomic E-state index is 0.108. The van der Waals surface area contributed by atoms with Gasteiger partial charge in [0.25, 0.3) is 0 Å². The van der Waals surface area contributed by atoms with Gasteiger partial charge in [-0.2, -0.15) is 5.26 Å². The number of hydrogen-bond acceptors (Lipinski definition) is 5. The summed E-state index contributed by atoms with van der Waals surface area (Å²) >= 11 is 3.56. The Labute approximate surface area is 205 Å². The Kier molecular flexibility index (Phi) is 6.92. The van der Waals surface area contributed by atoms with Crippen molar-refractivity contribution in [1.82, 2.24) is 10.3 Å². The summed E-state index contributed by atoms with van der Waals surface area (Å²) in [5.74, 6) is 0.654. The Morgan fingerprint density at radius 1 is 1.15 bits per heavy atom. The largest absolute Gasteiger partial charge is 0.370 e. The monoisotopic (exact) mass is 505 g/mol. The maximum atomic E-state index is 10.2. The number of fused-ring (bicyclic) bond motifs is 1. The van der Waals surface area contributed by atoms with E-state index in [0.29, 0.717) is 24.0 Å². The lowest BCUT2D eigenvalue weighted by Crippen LogP contribution is -2.49. The third-order valence-electron chi connectivity index (χ3n) is 6.11. The number of anilines is 2. The van der Waals surface area contributed by atoms with Gasteiger partial charge in [-0.15, -0.1) is 0 Å². The van der Waals surface area contributed by atoms with Crippen LogP contribution in [0.1, 0.15) is 50.3 Å². The van der Waals surface area contributed by atoms with Gasteiger partial charge >= 0.3 is 0 Å². The van der Waals surface area contributed by atoms with Crippen molar-refractivity contribution >= 4 is 38.3 Å². The van der Waals surface area contributed by atoms with E-state index in [2.05, 4.69) is 89.5 Å². The summed E-state index contributed by atoms with van der Waals surface area (Å²) in [5.41, 5.74) is 5.00. The average molecular weight is 506 g/mol. The molecule has 1 aromatic heterocycles. The highest BCUT2D eigenvalue weighted by atomic mass is 79.9. The van der Waals surface area contributed by atoms with E-state index >= 15 is 0 Å². The summed E-state index contributed by atoms with van der Waals surface area (Å²) in [6, 6.07) is 17.4. The number of benzene rings is 2. The second-order valence-electron chi connectivity index (χ2n) is 9.91. The first kappa shape index (κ1) is 23.5. The maximum absolute atomic E-state index is 10.2. The minimum absolute atomic E-state index is 0.108. The van der Waals surface area contributed by atoms with Crippen LogP contribution < -0.4 is 15.5 Å². The summed E-state index contributed by atoms with van der Waals surface area (Å²) in [5, 5.41) is 18.4. The molecule has 4 rings (SSSR count). The number of rotatable bonds is 5. The highest BCUT2D eigenvalue weighted by Crippen LogP contribution is 2.35. The van der Waals surface area contributed by atoms with E-state index in [4.69, 9.17) is 4.98 Å². The van der Waals surface area contributed by atoms with Crippen LogP contribution in [0.2, 0.25) is 0 Å². The Balaban J connectivity index is 1.64. The van der Waals surface area contributed by atoms with Crippen LogP contribution >= 0.6 is 15.9 Å². The molecule has 1 aliphatic heterocycles. The quantitative estimate of drug-likeness (QED) is 0.435. The molecule has 1 fully saturated rings. The Bertz CT molecular complexity index is 1180. The molecular formula is C27H32BrN5. The number of nitrogens with one attached hydrogen (secondary N) is 2. The van der Waals surface area contributed by atoms with E-state index in [9.17, 15) is 5.26 Å². The fourth-order valence-electron chi connectivity index (χ4n) is 4.62. The molecule has 0 amide bonds. The van der Waals surface area contributed by atoms with Gasteiger partial charge in [0, 0.05) is 41.1 Å². The van der Waals surface area contributed by atoms with E-state index in [-0.39, 0.29) is 5.54 Å². The number of aromatic nitrogens is 1. The zero-order valence-electron chi connectivity index (χ0n) is 19.9. The summed E-state index contributed by atoms with van der Waals surface area (Å²) in [4.78, 5) is 7.21. The standard InChI is InChI=1S/C27H32BrN5/c1-18-15-19(9-10-23(18)28)17-30-26-22(16-29)25(21-7-5-6-8-24(21)31-26)33-13-11-20(12-14-33)32-27(2,3)4/h5-10,15,20,32H,11-14,17H2,1-4H3,(H,30,31). The van der Waals surface area contributed by atoms with Gasteiger partial charge < -0.3 is 15.5 Å². The van der Waals surface area contributed by atoms with Gasteiger partial charge in [-0.1, -0.05) is 46.3 Å². The molecule has 33 heavy (non-hydrogen) atoms. The average Bonchev–Trinajstić information content (AvgIpc) is 2.78. The molecule has 1 aliphatic rings. The number of hydrogen-bond donors (Lipinski definition) is 2. The molecule has 1 saturated heterocycles. The molecule has 2 N–H and O–H groups in total. The predicted octanol–water partition coefficient (Wildman–Crippen LogP) is 6.15. The van der Waals surface area contributed by atoms with E-state index < -0.39 is 0 Å². The van der Waals surface area contributed by atoms with Gasteiger partial charge in [-0.25, -0.2) is 4.98 Å². The fourth-order valence-corrected chi connectivity index (χ4v) is 4.87. The van der Waals surface area contributed by atoms with Crippen molar-refractivity contribution in [3.63, 3.8) is 0 Å². The lowest BCUT2D eigenvalue weighted by molar-refractivity contribution is 0.317. The molecule has 0 atom stereocenters. The van der Waals surface area contributed by atoms with Gasteiger partial charge in [-0.05, 0) is 63.8 Å². The summed E-state index contributed by atoms with van der Waals surface area (Å²) in [7, 11) is 0. The molecule has 5 nitrogen and oxygen atoms in total. The number of para-hydroxylation sites is 1. The number of halogens is 1. The van der Waals surface area contributed by atoms with Gasteiger partial charge in [-0.3, -0.25) is 0 Å². The fraction of sp³-hybridized carbons (Fsp3) is 0.407. The Morgan fingerprint density at radius 2 is 1.88 bits per heavy atom. The molecule has 0 aliphatic carbocycles. The van der Waals surface area contributed by atoms with Crippen molar-refractivity contribution in [2.75, 3.05) is 23.3 Å². The van der Waals surface area contributed by atoms with Crippen molar-refractivity contribution < 1.29 is 0 Å². The summed E-state index contributed by atoms with van der Waals surface area (Å²) in [6.07, 6.45) is 2.11. The second-order valence-corrected chi connectivity index (χ2v) is 10.8. The van der Waals surface area contributed by atoms with Crippen LogP contribution in [-0.4, -0.2) is 29.7 Å². The molecule has 2 aromatic carbocycles. The van der Waals surface area contributed by atoms with Crippen LogP contribution in [-0.2, 0) is 6.54 Å².